The molecule has 0 saturated carbocycles. The fraction of sp³-hybridized carbons (Fsp3) is 0.773. The molecule has 0 amide bonds. The number of unbranched alkanes of at least 4 members (excludes halogenated alkanes) is 5. The lowest BCUT2D eigenvalue weighted by Gasteiger charge is -2.16. The van der Waals surface area contributed by atoms with E-state index in [1.54, 1.807) is 0 Å². The first-order valence-corrected chi connectivity index (χ1v) is 10.2. The van der Waals surface area contributed by atoms with Crippen LogP contribution >= 0.6 is 0 Å². The maximum atomic E-state index is 5.65. The largest absolute Gasteiger partial charge is 0.478 e. The van der Waals surface area contributed by atoms with Crippen molar-refractivity contribution < 1.29 is 4.74 Å². The van der Waals surface area contributed by atoms with Crippen LogP contribution in [0.5, 0.6) is 0 Å². The summed E-state index contributed by atoms with van der Waals surface area (Å²) in [5.74, 6) is 2.56. The molecular weight excluding hydrogens is 294 g/mol. The first-order valence-electron chi connectivity index (χ1n) is 10.2. The average Bonchev–Trinajstić information content (AvgIpc) is 3.13. The first-order chi connectivity index (χ1) is 11.6. The van der Waals surface area contributed by atoms with E-state index in [1.165, 1.54) is 51.4 Å². The van der Waals surface area contributed by atoms with Gasteiger partial charge in [-0.1, -0.05) is 63.3 Å². The molecule has 2 unspecified atom stereocenters. The van der Waals surface area contributed by atoms with Crippen LogP contribution in [0.3, 0.4) is 0 Å². The van der Waals surface area contributed by atoms with Crippen LogP contribution in [0, 0.1) is 11.8 Å². The normalized spacial score (nSPS) is 25.4. The number of aliphatic imine (C=N–C) groups is 1. The molecule has 0 spiro atoms. The number of ether oxygens (including phenoxy) is 1. The van der Waals surface area contributed by atoms with Gasteiger partial charge in [-0.25, -0.2) is 4.99 Å². The maximum absolute atomic E-state index is 5.65. The molecule has 0 bridgehead atoms. The van der Waals surface area contributed by atoms with Gasteiger partial charge in [0.1, 0.15) is 6.61 Å². The summed E-state index contributed by atoms with van der Waals surface area (Å²) in [6, 6.07) is 0. The lowest BCUT2D eigenvalue weighted by atomic mass is 9.89. The van der Waals surface area contributed by atoms with Crippen LogP contribution in [0.25, 0.3) is 0 Å². The van der Waals surface area contributed by atoms with Gasteiger partial charge in [-0.3, -0.25) is 0 Å². The second-order valence-corrected chi connectivity index (χ2v) is 8.10. The molecule has 2 nitrogen and oxygen atoms in total. The highest BCUT2D eigenvalue weighted by Gasteiger charge is 2.25. The Kier molecular flexibility index (Phi) is 8.08. The highest BCUT2D eigenvalue weighted by Crippen LogP contribution is 2.31. The van der Waals surface area contributed by atoms with Crippen LogP contribution in [0.1, 0.15) is 85.0 Å². The molecule has 0 aromatic heterocycles. The number of nitrogens with zero attached hydrogens (tertiary/aromatic N) is 1. The molecule has 2 aliphatic rings. The Balaban J connectivity index is 1.45. The van der Waals surface area contributed by atoms with Crippen LogP contribution in [0.4, 0.5) is 0 Å². The Morgan fingerprint density at radius 3 is 2.62 bits per heavy atom. The Morgan fingerprint density at radius 2 is 1.92 bits per heavy atom. The van der Waals surface area contributed by atoms with E-state index >= 15 is 0 Å². The summed E-state index contributed by atoms with van der Waals surface area (Å²) in [6.07, 6.45) is 22.5. The zero-order chi connectivity index (χ0) is 17.3. The maximum Gasteiger partial charge on any atom is 0.183 e. The zero-order valence-corrected chi connectivity index (χ0v) is 16.1. The van der Waals surface area contributed by atoms with Gasteiger partial charge >= 0.3 is 0 Å². The van der Waals surface area contributed by atoms with Crippen LogP contribution in [-0.2, 0) is 4.74 Å². The van der Waals surface area contributed by atoms with Crippen molar-refractivity contribution in [2.24, 2.45) is 16.8 Å². The minimum atomic E-state index is 0.00854. The molecule has 1 aliphatic carbocycles. The van der Waals surface area contributed by atoms with E-state index in [-0.39, 0.29) is 5.54 Å². The summed E-state index contributed by atoms with van der Waals surface area (Å²) in [6.45, 7) is 7.26. The number of hydrogen-bond donors (Lipinski definition) is 0. The van der Waals surface area contributed by atoms with Gasteiger partial charge in [0.15, 0.2) is 5.90 Å². The van der Waals surface area contributed by atoms with Crippen molar-refractivity contribution in [2.45, 2.75) is 90.5 Å². The Labute approximate surface area is 149 Å². The second-order valence-electron chi connectivity index (χ2n) is 8.10. The smallest absolute Gasteiger partial charge is 0.183 e. The lowest BCUT2D eigenvalue weighted by molar-refractivity contribution is 0.273. The van der Waals surface area contributed by atoms with Crippen molar-refractivity contribution in [3.05, 3.63) is 24.3 Å². The van der Waals surface area contributed by atoms with Gasteiger partial charge < -0.3 is 4.74 Å². The van der Waals surface area contributed by atoms with Gasteiger partial charge in [0.05, 0.1) is 5.54 Å². The summed E-state index contributed by atoms with van der Waals surface area (Å²) in [5, 5.41) is 0. The quantitative estimate of drug-likeness (QED) is 0.314. The summed E-state index contributed by atoms with van der Waals surface area (Å²) >= 11 is 0. The molecule has 136 valence electrons. The predicted molar refractivity (Wildman–Crippen MR) is 105 cm³/mol. The minimum absolute atomic E-state index is 0.00854. The van der Waals surface area contributed by atoms with Crippen LogP contribution in [-0.4, -0.2) is 18.0 Å². The molecule has 0 aromatic carbocycles. The topological polar surface area (TPSA) is 21.6 Å². The summed E-state index contributed by atoms with van der Waals surface area (Å²) in [4.78, 5) is 4.62. The SMILES string of the molecule is CC/C=C\C1C=CCC1CCCCCCCCC1=NC(C)(C)CO1. The summed E-state index contributed by atoms with van der Waals surface area (Å²) < 4.78 is 5.65. The Bertz CT molecular complexity index is 447. The van der Waals surface area contributed by atoms with Crippen molar-refractivity contribution in [2.75, 3.05) is 6.61 Å². The van der Waals surface area contributed by atoms with Crippen LogP contribution in [0.2, 0.25) is 0 Å². The third-order valence-electron chi connectivity index (χ3n) is 5.17. The third kappa shape index (κ3) is 6.83. The first kappa shape index (κ1) is 19.3. The molecule has 1 heterocycles. The predicted octanol–water partition coefficient (Wildman–Crippen LogP) is 6.47. The minimum Gasteiger partial charge on any atom is -0.478 e. The van der Waals surface area contributed by atoms with Gasteiger partial charge in [0.25, 0.3) is 0 Å². The molecule has 0 N–H and O–H groups in total. The fourth-order valence-electron chi connectivity index (χ4n) is 3.73. The number of allylic oxidation sites excluding steroid dienone is 4. The monoisotopic (exact) mass is 331 g/mol. The van der Waals surface area contributed by atoms with E-state index < -0.39 is 0 Å². The molecule has 1 aliphatic heterocycles. The van der Waals surface area contributed by atoms with E-state index in [2.05, 4.69) is 50.1 Å². The van der Waals surface area contributed by atoms with Crippen LogP contribution in [0.15, 0.2) is 29.3 Å². The molecular formula is C22H37NO. The van der Waals surface area contributed by atoms with E-state index in [4.69, 9.17) is 4.74 Å². The van der Waals surface area contributed by atoms with Gasteiger partial charge in [-0.05, 0) is 51.4 Å². The summed E-state index contributed by atoms with van der Waals surface area (Å²) in [7, 11) is 0. The Hall–Kier alpha value is -1.05. The standard InChI is InChI=1S/C22H37NO/c1-4-5-13-19-15-12-16-20(19)14-10-8-6-7-9-11-17-21-23-22(2,3)18-24-21/h5,12-13,15,19-20H,4,6-11,14,16-18H2,1-3H3/b13-5-. The van der Waals surface area contributed by atoms with Gasteiger partial charge in [0.2, 0.25) is 0 Å². The van der Waals surface area contributed by atoms with E-state index in [9.17, 15) is 0 Å². The number of hydrogen-bond acceptors (Lipinski definition) is 2. The van der Waals surface area contributed by atoms with Gasteiger partial charge in [-0.2, -0.15) is 0 Å². The Morgan fingerprint density at radius 1 is 1.17 bits per heavy atom. The molecule has 24 heavy (non-hydrogen) atoms. The zero-order valence-electron chi connectivity index (χ0n) is 16.1. The lowest BCUT2D eigenvalue weighted by Crippen LogP contribution is -2.17. The summed E-state index contributed by atoms with van der Waals surface area (Å²) in [5.41, 5.74) is 0.00854. The van der Waals surface area contributed by atoms with Crippen molar-refractivity contribution in [1.82, 2.24) is 0 Å². The van der Waals surface area contributed by atoms with Crippen molar-refractivity contribution in [3.63, 3.8) is 0 Å². The molecule has 0 saturated heterocycles. The van der Waals surface area contributed by atoms with E-state index in [0.717, 1.165) is 31.3 Å². The highest BCUT2D eigenvalue weighted by atomic mass is 16.5. The van der Waals surface area contributed by atoms with Gasteiger partial charge in [-0.15, -0.1) is 0 Å². The van der Waals surface area contributed by atoms with Crippen LogP contribution < -0.4 is 0 Å². The molecule has 0 aromatic rings. The van der Waals surface area contributed by atoms with Crippen molar-refractivity contribution in [1.29, 1.82) is 0 Å². The molecule has 0 fully saturated rings. The number of rotatable bonds is 11. The molecule has 2 rings (SSSR count). The molecule has 2 atom stereocenters. The highest BCUT2D eigenvalue weighted by molar-refractivity contribution is 5.78. The van der Waals surface area contributed by atoms with E-state index in [1.807, 2.05) is 0 Å². The molecule has 2 heteroatoms. The fourth-order valence-corrected chi connectivity index (χ4v) is 3.73. The van der Waals surface area contributed by atoms with Crippen molar-refractivity contribution >= 4 is 5.90 Å². The van der Waals surface area contributed by atoms with E-state index in [0.29, 0.717) is 5.92 Å². The van der Waals surface area contributed by atoms with Crippen molar-refractivity contribution in [3.8, 4) is 0 Å². The third-order valence-corrected chi connectivity index (χ3v) is 5.17. The van der Waals surface area contributed by atoms with Gasteiger partial charge in [0, 0.05) is 6.42 Å². The molecule has 0 radical (unpaired) electrons. The average molecular weight is 332 g/mol. The second kappa shape index (κ2) is 10.1.